The highest BCUT2D eigenvalue weighted by atomic mass is 16.4. The SMILES string of the molecule is CCCN(C(=O)NC(C)(CCC)C(=O)O)C1CC1. The van der Waals surface area contributed by atoms with Gasteiger partial charge in [-0.1, -0.05) is 20.3 Å². The number of nitrogens with zero attached hydrogens (tertiary/aromatic N) is 1. The van der Waals surface area contributed by atoms with Crippen molar-refractivity contribution in [3.8, 4) is 0 Å². The van der Waals surface area contributed by atoms with E-state index in [1.807, 2.05) is 13.8 Å². The lowest BCUT2D eigenvalue weighted by Crippen LogP contribution is -2.56. The fraction of sp³-hybridized carbons (Fsp3) is 0.846. The van der Waals surface area contributed by atoms with E-state index in [-0.39, 0.29) is 6.03 Å². The van der Waals surface area contributed by atoms with Gasteiger partial charge in [0.1, 0.15) is 5.54 Å². The van der Waals surface area contributed by atoms with Gasteiger partial charge >= 0.3 is 12.0 Å². The Hall–Kier alpha value is -1.26. The lowest BCUT2D eigenvalue weighted by molar-refractivity contribution is -0.144. The van der Waals surface area contributed by atoms with Gasteiger partial charge in [-0.2, -0.15) is 0 Å². The van der Waals surface area contributed by atoms with Gasteiger partial charge in [0.2, 0.25) is 0 Å². The Labute approximate surface area is 109 Å². The number of urea groups is 1. The highest BCUT2D eigenvalue weighted by Crippen LogP contribution is 2.27. The zero-order chi connectivity index (χ0) is 13.8. The van der Waals surface area contributed by atoms with E-state index in [0.29, 0.717) is 19.0 Å². The molecule has 2 amide bonds. The maximum atomic E-state index is 12.2. The van der Waals surface area contributed by atoms with Crippen molar-refractivity contribution in [2.45, 2.75) is 64.5 Å². The molecule has 1 aliphatic carbocycles. The highest BCUT2D eigenvalue weighted by molar-refractivity contribution is 5.86. The number of amides is 2. The third-order valence-corrected chi connectivity index (χ3v) is 3.32. The molecule has 0 heterocycles. The molecule has 0 aromatic carbocycles. The van der Waals surface area contributed by atoms with Crippen molar-refractivity contribution in [2.24, 2.45) is 0 Å². The van der Waals surface area contributed by atoms with E-state index in [0.717, 1.165) is 25.7 Å². The summed E-state index contributed by atoms with van der Waals surface area (Å²) in [4.78, 5) is 25.2. The van der Waals surface area contributed by atoms with Crippen LogP contribution in [0.4, 0.5) is 4.79 Å². The monoisotopic (exact) mass is 256 g/mol. The van der Waals surface area contributed by atoms with E-state index < -0.39 is 11.5 Å². The van der Waals surface area contributed by atoms with E-state index in [2.05, 4.69) is 5.32 Å². The van der Waals surface area contributed by atoms with Crippen molar-refractivity contribution in [1.29, 1.82) is 0 Å². The molecule has 0 saturated heterocycles. The third kappa shape index (κ3) is 3.62. The van der Waals surface area contributed by atoms with Crippen molar-refractivity contribution >= 4 is 12.0 Å². The molecule has 2 N–H and O–H groups in total. The molecule has 18 heavy (non-hydrogen) atoms. The maximum absolute atomic E-state index is 12.2. The molecule has 5 heteroatoms. The van der Waals surface area contributed by atoms with Crippen LogP contribution in [0.3, 0.4) is 0 Å². The normalized spacial score (nSPS) is 17.9. The van der Waals surface area contributed by atoms with Gasteiger partial charge in [-0.25, -0.2) is 9.59 Å². The zero-order valence-corrected chi connectivity index (χ0v) is 11.5. The molecule has 5 nitrogen and oxygen atoms in total. The predicted molar refractivity (Wildman–Crippen MR) is 69.5 cm³/mol. The fourth-order valence-corrected chi connectivity index (χ4v) is 2.11. The van der Waals surface area contributed by atoms with Crippen molar-refractivity contribution in [3.63, 3.8) is 0 Å². The molecule has 1 unspecified atom stereocenters. The molecule has 1 aliphatic rings. The summed E-state index contributed by atoms with van der Waals surface area (Å²) in [6, 6.07) is 0.0716. The van der Waals surface area contributed by atoms with Gasteiger partial charge in [0.05, 0.1) is 0 Å². The summed E-state index contributed by atoms with van der Waals surface area (Å²) < 4.78 is 0. The number of carboxylic acids is 1. The molecule has 1 fully saturated rings. The van der Waals surface area contributed by atoms with Crippen molar-refractivity contribution in [3.05, 3.63) is 0 Å². The Kier molecular flexibility index (Phi) is 4.99. The molecular weight excluding hydrogens is 232 g/mol. The Morgan fingerprint density at radius 3 is 2.33 bits per heavy atom. The second-order valence-electron chi connectivity index (χ2n) is 5.24. The summed E-state index contributed by atoms with van der Waals surface area (Å²) in [5.74, 6) is -0.968. The lowest BCUT2D eigenvalue weighted by Gasteiger charge is -2.30. The summed E-state index contributed by atoms with van der Waals surface area (Å²) in [5, 5.41) is 11.9. The molecule has 0 bridgehead atoms. The molecule has 0 aromatic heterocycles. The van der Waals surface area contributed by atoms with Gasteiger partial charge in [0.25, 0.3) is 0 Å². The molecule has 104 valence electrons. The van der Waals surface area contributed by atoms with Gasteiger partial charge in [-0.15, -0.1) is 0 Å². The van der Waals surface area contributed by atoms with Gasteiger partial charge in [-0.3, -0.25) is 0 Å². The number of nitrogens with one attached hydrogen (secondary N) is 1. The van der Waals surface area contributed by atoms with Crippen LogP contribution in [0.1, 0.15) is 52.9 Å². The summed E-state index contributed by atoms with van der Waals surface area (Å²) >= 11 is 0. The third-order valence-electron chi connectivity index (χ3n) is 3.32. The number of rotatable bonds is 7. The molecule has 1 saturated carbocycles. The van der Waals surface area contributed by atoms with Gasteiger partial charge in [0, 0.05) is 12.6 Å². The van der Waals surface area contributed by atoms with E-state index >= 15 is 0 Å². The van der Waals surface area contributed by atoms with Crippen LogP contribution in [0.15, 0.2) is 0 Å². The minimum absolute atomic E-state index is 0.238. The smallest absolute Gasteiger partial charge is 0.329 e. The zero-order valence-electron chi connectivity index (χ0n) is 11.5. The second-order valence-corrected chi connectivity index (χ2v) is 5.24. The number of carbonyl (C=O) groups is 2. The minimum atomic E-state index is -1.16. The van der Waals surface area contributed by atoms with E-state index in [4.69, 9.17) is 0 Å². The number of hydrogen-bond acceptors (Lipinski definition) is 2. The number of carbonyl (C=O) groups excluding carboxylic acids is 1. The Balaban J connectivity index is 2.67. The van der Waals surface area contributed by atoms with Gasteiger partial charge in [0.15, 0.2) is 0 Å². The van der Waals surface area contributed by atoms with Crippen LogP contribution in [0.2, 0.25) is 0 Å². The summed E-state index contributed by atoms with van der Waals surface area (Å²) in [6.07, 6.45) is 4.12. The Morgan fingerprint density at radius 2 is 1.94 bits per heavy atom. The minimum Gasteiger partial charge on any atom is -0.480 e. The Morgan fingerprint density at radius 1 is 1.33 bits per heavy atom. The van der Waals surface area contributed by atoms with Crippen LogP contribution < -0.4 is 5.32 Å². The molecule has 1 rings (SSSR count). The van der Waals surface area contributed by atoms with Crippen LogP contribution >= 0.6 is 0 Å². The first-order valence-corrected chi connectivity index (χ1v) is 6.76. The molecular formula is C13H24N2O3. The fourth-order valence-electron chi connectivity index (χ4n) is 2.11. The quantitative estimate of drug-likeness (QED) is 0.733. The van der Waals surface area contributed by atoms with Crippen molar-refractivity contribution in [1.82, 2.24) is 10.2 Å². The van der Waals surface area contributed by atoms with Crippen LogP contribution in [-0.4, -0.2) is 40.1 Å². The van der Waals surface area contributed by atoms with Crippen LogP contribution in [-0.2, 0) is 4.79 Å². The first-order chi connectivity index (χ1) is 8.44. The van der Waals surface area contributed by atoms with E-state index in [1.165, 1.54) is 0 Å². The average molecular weight is 256 g/mol. The topological polar surface area (TPSA) is 69.6 Å². The van der Waals surface area contributed by atoms with Crippen LogP contribution in [0, 0.1) is 0 Å². The molecule has 0 aromatic rings. The van der Waals surface area contributed by atoms with Crippen LogP contribution in [0.5, 0.6) is 0 Å². The lowest BCUT2D eigenvalue weighted by atomic mass is 9.96. The highest BCUT2D eigenvalue weighted by Gasteiger charge is 2.38. The number of aliphatic carboxylic acids is 1. The molecule has 0 radical (unpaired) electrons. The molecule has 1 atom stereocenters. The number of hydrogen-bond donors (Lipinski definition) is 2. The summed E-state index contributed by atoms with van der Waals surface area (Å²) in [6.45, 7) is 6.20. The van der Waals surface area contributed by atoms with Gasteiger partial charge in [-0.05, 0) is 32.6 Å². The molecule has 0 spiro atoms. The standard InChI is InChI=1S/C13H24N2O3/c1-4-8-13(3,11(16)17)14-12(18)15(9-5-2)10-6-7-10/h10H,4-9H2,1-3H3,(H,14,18)(H,16,17). The van der Waals surface area contributed by atoms with Crippen LogP contribution in [0.25, 0.3) is 0 Å². The predicted octanol–water partition coefficient (Wildman–Crippen LogP) is 2.21. The van der Waals surface area contributed by atoms with Gasteiger partial charge < -0.3 is 15.3 Å². The summed E-state index contributed by atoms with van der Waals surface area (Å²) in [7, 11) is 0. The van der Waals surface area contributed by atoms with Crippen molar-refractivity contribution < 1.29 is 14.7 Å². The van der Waals surface area contributed by atoms with E-state index in [1.54, 1.807) is 11.8 Å². The van der Waals surface area contributed by atoms with Crippen molar-refractivity contribution in [2.75, 3.05) is 6.54 Å². The summed E-state index contributed by atoms with van der Waals surface area (Å²) in [5.41, 5.74) is -1.16. The largest absolute Gasteiger partial charge is 0.480 e. The maximum Gasteiger partial charge on any atom is 0.329 e. The Bertz CT molecular complexity index is 315. The average Bonchev–Trinajstić information content (AvgIpc) is 3.09. The number of carboxylic acid groups (broad SMARTS) is 1. The molecule has 0 aliphatic heterocycles. The van der Waals surface area contributed by atoms with E-state index in [9.17, 15) is 14.7 Å². The first kappa shape index (κ1) is 14.8. The first-order valence-electron chi connectivity index (χ1n) is 6.76. The second kappa shape index (κ2) is 6.07.